The van der Waals surface area contributed by atoms with Gasteiger partial charge < -0.3 is 5.73 Å². The predicted molar refractivity (Wildman–Crippen MR) is 83.0 cm³/mol. The Morgan fingerprint density at radius 1 is 1.33 bits per heavy atom. The number of nitrogens with two attached hydrogens (primary N) is 1. The topological polar surface area (TPSA) is 38.9 Å². The quantitative estimate of drug-likeness (QED) is 0.823. The summed E-state index contributed by atoms with van der Waals surface area (Å²) in [5.74, 6) is 1.01. The van der Waals surface area contributed by atoms with Crippen molar-refractivity contribution in [1.29, 1.82) is 0 Å². The summed E-state index contributed by atoms with van der Waals surface area (Å²) in [5, 5.41) is 4.03. The number of anilines is 1. The molecule has 0 radical (unpaired) electrons. The van der Waals surface area contributed by atoms with Crippen molar-refractivity contribution >= 4 is 28.8 Å². The minimum atomic E-state index is 0.703. The van der Waals surface area contributed by atoms with Crippen LogP contribution in [0, 0.1) is 0 Å². The van der Waals surface area contributed by atoms with Gasteiger partial charge in [0, 0.05) is 27.6 Å². The van der Waals surface area contributed by atoms with E-state index in [1.807, 2.05) is 36.0 Å². The molecular formula is C14H18N2S2. The molecule has 0 amide bonds. The van der Waals surface area contributed by atoms with E-state index in [1.54, 1.807) is 11.3 Å². The number of nitrogens with zero attached hydrogens (tertiary/aromatic N) is 1. The molecule has 2 aromatic rings. The van der Waals surface area contributed by atoms with Gasteiger partial charge in [0.05, 0.1) is 5.69 Å². The van der Waals surface area contributed by atoms with Gasteiger partial charge in [-0.3, -0.25) is 0 Å². The minimum absolute atomic E-state index is 0.703. The Hall–Kier alpha value is -1.00. The normalized spacial score (nSPS) is 12.6. The maximum atomic E-state index is 5.69. The summed E-state index contributed by atoms with van der Waals surface area (Å²) in [4.78, 5) is 4.67. The van der Waals surface area contributed by atoms with Crippen molar-refractivity contribution in [3.63, 3.8) is 0 Å². The second-order valence-electron chi connectivity index (χ2n) is 4.28. The third-order valence-corrected chi connectivity index (χ3v) is 5.20. The van der Waals surface area contributed by atoms with E-state index in [0.717, 1.165) is 22.7 Å². The molecule has 1 aromatic carbocycles. The fraction of sp³-hybridized carbons (Fsp3) is 0.357. The summed E-state index contributed by atoms with van der Waals surface area (Å²) in [6.07, 6.45) is 1.21. The first-order chi connectivity index (χ1) is 8.69. The number of aromatic nitrogens is 1. The van der Waals surface area contributed by atoms with Crippen LogP contribution < -0.4 is 5.73 Å². The van der Waals surface area contributed by atoms with Crippen LogP contribution in [0.15, 0.2) is 29.6 Å². The van der Waals surface area contributed by atoms with Gasteiger partial charge in [0.25, 0.3) is 0 Å². The van der Waals surface area contributed by atoms with Gasteiger partial charge in [0.2, 0.25) is 0 Å². The number of rotatable bonds is 5. The number of thioether (sulfide) groups is 1. The van der Waals surface area contributed by atoms with Gasteiger partial charge in [-0.1, -0.05) is 26.0 Å². The van der Waals surface area contributed by atoms with Gasteiger partial charge in [-0.05, 0) is 18.6 Å². The zero-order chi connectivity index (χ0) is 13.0. The van der Waals surface area contributed by atoms with E-state index in [4.69, 9.17) is 5.73 Å². The first-order valence-corrected chi connectivity index (χ1v) is 8.03. The molecule has 0 saturated carbocycles. The molecule has 1 unspecified atom stereocenters. The van der Waals surface area contributed by atoms with Gasteiger partial charge in [0.1, 0.15) is 5.01 Å². The fourth-order valence-electron chi connectivity index (χ4n) is 1.50. The first-order valence-electron chi connectivity index (χ1n) is 6.11. The summed E-state index contributed by atoms with van der Waals surface area (Å²) in [6, 6.07) is 7.89. The molecule has 2 N–H and O–H groups in total. The zero-order valence-electron chi connectivity index (χ0n) is 10.7. The molecule has 1 atom stereocenters. The molecular weight excluding hydrogens is 260 g/mol. The molecule has 1 aromatic heterocycles. The maximum absolute atomic E-state index is 5.69. The van der Waals surface area contributed by atoms with E-state index in [0.29, 0.717) is 5.25 Å². The number of benzene rings is 1. The van der Waals surface area contributed by atoms with Crippen molar-refractivity contribution in [2.45, 2.75) is 31.3 Å². The second kappa shape index (κ2) is 6.25. The molecule has 0 aliphatic heterocycles. The average Bonchev–Trinajstić information content (AvgIpc) is 2.85. The van der Waals surface area contributed by atoms with Crippen LogP contribution in [0.5, 0.6) is 0 Å². The van der Waals surface area contributed by atoms with Crippen LogP contribution in [0.2, 0.25) is 0 Å². The number of thiazole rings is 1. The Morgan fingerprint density at radius 3 is 2.72 bits per heavy atom. The van der Waals surface area contributed by atoms with Crippen LogP contribution in [0.1, 0.15) is 25.3 Å². The highest BCUT2D eigenvalue weighted by atomic mass is 32.2. The Balaban J connectivity index is 2.03. The van der Waals surface area contributed by atoms with Gasteiger partial charge in [-0.15, -0.1) is 11.3 Å². The summed E-state index contributed by atoms with van der Waals surface area (Å²) in [6.45, 7) is 4.48. The van der Waals surface area contributed by atoms with E-state index in [1.165, 1.54) is 11.4 Å². The standard InChI is InChI=1S/C14H18N2S2/c1-3-10(2)17-9-14-16-13(8-18-14)11-4-6-12(15)7-5-11/h4-8,10H,3,9,15H2,1-2H3. The third-order valence-electron chi connectivity index (χ3n) is 2.82. The molecule has 0 saturated heterocycles. The lowest BCUT2D eigenvalue weighted by molar-refractivity contribution is 0.905. The van der Waals surface area contributed by atoms with Crippen molar-refractivity contribution in [3.8, 4) is 11.3 Å². The molecule has 18 heavy (non-hydrogen) atoms. The SMILES string of the molecule is CCC(C)SCc1nc(-c2ccc(N)cc2)cs1. The first kappa shape index (κ1) is 13.4. The molecule has 1 heterocycles. The third kappa shape index (κ3) is 3.50. The van der Waals surface area contributed by atoms with Crippen LogP contribution in [0.4, 0.5) is 5.69 Å². The zero-order valence-corrected chi connectivity index (χ0v) is 12.4. The van der Waals surface area contributed by atoms with E-state index in [2.05, 4.69) is 24.2 Å². The summed E-state index contributed by atoms with van der Waals surface area (Å²) >= 11 is 3.71. The number of hydrogen-bond donors (Lipinski definition) is 1. The van der Waals surface area contributed by atoms with Crippen LogP contribution in [0.25, 0.3) is 11.3 Å². The molecule has 0 bridgehead atoms. The Labute approximate surface area is 117 Å². The molecule has 2 nitrogen and oxygen atoms in total. The fourth-order valence-corrected chi connectivity index (χ4v) is 3.29. The predicted octanol–water partition coefficient (Wildman–Crippen LogP) is 4.42. The van der Waals surface area contributed by atoms with Crippen LogP contribution in [-0.2, 0) is 5.75 Å². The lowest BCUT2D eigenvalue weighted by Gasteiger charge is -2.05. The Morgan fingerprint density at radius 2 is 2.06 bits per heavy atom. The van der Waals surface area contributed by atoms with Gasteiger partial charge >= 0.3 is 0 Å². The van der Waals surface area contributed by atoms with Gasteiger partial charge in [-0.2, -0.15) is 11.8 Å². The summed E-state index contributed by atoms with van der Waals surface area (Å²) in [7, 11) is 0. The van der Waals surface area contributed by atoms with Crippen LogP contribution in [0.3, 0.4) is 0 Å². The largest absolute Gasteiger partial charge is 0.399 e. The van der Waals surface area contributed by atoms with Crippen molar-refractivity contribution in [3.05, 3.63) is 34.7 Å². The summed E-state index contributed by atoms with van der Waals surface area (Å²) < 4.78 is 0. The Kier molecular flexibility index (Phi) is 4.66. The average molecular weight is 278 g/mol. The molecule has 0 aliphatic rings. The van der Waals surface area contributed by atoms with Crippen molar-refractivity contribution < 1.29 is 0 Å². The second-order valence-corrected chi connectivity index (χ2v) is 6.65. The summed E-state index contributed by atoms with van der Waals surface area (Å²) in [5.41, 5.74) is 8.67. The van der Waals surface area contributed by atoms with Crippen molar-refractivity contribution in [2.75, 3.05) is 5.73 Å². The molecule has 0 fully saturated rings. The van der Waals surface area contributed by atoms with Crippen molar-refractivity contribution in [1.82, 2.24) is 4.98 Å². The highest BCUT2D eigenvalue weighted by Gasteiger charge is 2.06. The Bertz CT molecular complexity index is 491. The highest BCUT2D eigenvalue weighted by Crippen LogP contribution is 2.26. The number of nitrogen functional groups attached to an aromatic ring is 1. The lowest BCUT2D eigenvalue weighted by atomic mass is 10.1. The van der Waals surface area contributed by atoms with E-state index in [9.17, 15) is 0 Å². The van der Waals surface area contributed by atoms with E-state index < -0.39 is 0 Å². The van der Waals surface area contributed by atoms with Crippen LogP contribution >= 0.6 is 23.1 Å². The van der Waals surface area contributed by atoms with Crippen molar-refractivity contribution in [2.24, 2.45) is 0 Å². The molecule has 2 rings (SSSR count). The monoisotopic (exact) mass is 278 g/mol. The minimum Gasteiger partial charge on any atom is -0.399 e. The molecule has 96 valence electrons. The highest BCUT2D eigenvalue weighted by molar-refractivity contribution is 7.99. The van der Waals surface area contributed by atoms with E-state index in [-0.39, 0.29) is 0 Å². The lowest BCUT2D eigenvalue weighted by Crippen LogP contribution is -1.93. The molecule has 0 spiro atoms. The van der Waals surface area contributed by atoms with Gasteiger partial charge in [-0.25, -0.2) is 4.98 Å². The van der Waals surface area contributed by atoms with Gasteiger partial charge in [0.15, 0.2) is 0 Å². The maximum Gasteiger partial charge on any atom is 0.103 e. The molecule has 0 aliphatic carbocycles. The number of hydrogen-bond acceptors (Lipinski definition) is 4. The smallest absolute Gasteiger partial charge is 0.103 e. The van der Waals surface area contributed by atoms with E-state index >= 15 is 0 Å². The molecule has 4 heteroatoms. The van der Waals surface area contributed by atoms with Crippen LogP contribution in [-0.4, -0.2) is 10.2 Å².